The van der Waals surface area contributed by atoms with Crippen molar-refractivity contribution in [1.29, 1.82) is 0 Å². The molecular weight excluding hydrogens is 323 g/mol. The lowest BCUT2D eigenvalue weighted by atomic mass is 10.0. The summed E-state index contributed by atoms with van der Waals surface area (Å²) >= 11 is 3.11. The molecule has 0 aliphatic carbocycles. The van der Waals surface area contributed by atoms with Crippen LogP contribution in [0.25, 0.3) is 0 Å². The van der Waals surface area contributed by atoms with Gasteiger partial charge in [-0.25, -0.2) is 4.39 Å². The number of rotatable bonds is 4. The second-order valence-corrected chi connectivity index (χ2v) is 5.31. The Bertz CT molecular complexity index is 599. The van der Waals surface area contributed by atoms with Crippen LogP contribution in [-0.4, -0.2) is 5.97 Å². The molecule has 1 atom stereocenters. The predicted octanol–water partition coefficient (Wildman–Crippen LogP) is 4.44. The first-order valence-corrected chi connectivity index (χ1v) is 7.03. The third-order valence-corrected chi connectivity index (χ3v) is 3.64. The summed E-state index contributed by atoms with van der Waals surface area (Å²) in [6.45, 7) is 1.83. The van der Waals surface area contributed by atoms with Gasteiger partial charge in [-0.3, -0.25) is 4.79 Å². The Hall–Kier alpha value is -1.68. The van der Waals surface area contributed by atoms with Gasteiger partial charge in [-0.2, -0.15) is 0 Å². The normalized spacial score (nSPS) is 11.9. The van der Waals surface area contributed by atoms with Crippen molar-refractivity contribution in [3.63, 3.8) is 0 Å². The van der Waals surface area contributed by atoms with Crippen LogP contribution < -0.4 is 0 Å². The van der Waals surface area contributed by atoms with E-state index < -0.39 is 17.7 Å². The Balaban J connectivity index is 2.04. The molecule has 0 unspecified atom stereocenters. The summed E-state index contributed by atoms with van der Waals surface area (Å²) in [4.78, 5) is 12.0. The molecule has 0 fully saturated rings. The quantitative estimate of drug-likeness (QED) is 0.772. The van der Waals surface area contributed by atoms with E-state index >= 15 is 0 Å². The molecule has 20 heavy (non-hydrogen) atoms. The van der Waals surface area contributed by atoms with Crippen LogP contribution in [0.2, 0.25) is 0 Å². The van der Waals surface area contributed by atoms with Crippen LogP contribution in [0.5, 0.6) is 0 Å². The number of ether oxygens (including phenoxy) is 1. The summed E-state index contributed by atoms with van der Waals surface area (Å²) in [5, 5.41) is 0. The van der Waals surface area contributed by atoms with E-state index in [0.29, 0.717) is 10.0 Å². The standard InChI is InChI=1S/C16H14BrFO2/c1-11(13-8-5-9-14(17)15(13)18)16(19)20-10-12-6-3-2-4-7-12/h2-9,11H,10H2,1H3/t11-/m0/s1. The van der Waals surface area contributed by atoms with Crippen LogP contribution >= 0.6 is 15.9 Å². The smallest absolute Gasteiger partial charge is 0.313 e. The minimum Gasteiger partial charge on any atom is -0.460 e. The van der Waals surface area contributed by atoms with Crippen molar-refractivity contribution in [1.82, 2.24) is 0 Å². The lowest BCUT2D eigenvalue weighted by Crippen LogP contribution is -2.14. The van der Waals surface area contributed by atoms with Crippen molar-refractivity contribution in [3.05, 3.63) is 69.9 Å². The van der Waals surface area contributed by atoms with Gasteiger partial charge in [0.15, 0.2) is 0 Å². The molecule has 0 saturated carbocycles. The van der Waals surface area contributed by atoms with Crippen molar-refractivity contribution < 1.29 is 13.9 Å². The minimum atomic E-state index is -0.642. The Morgan fingerprint density at radius 2 is 1.90 bits per heavy atom. The zero-order valence-electron chi connectivity index (χ0n) is 11.0. The van der Waals surface area contributed by atoms with Crippen LogP contribution in [-0.2, 0) is 16.1 Å². The van der Waals surface area contributed by atoms with Crippen LogP contribution in [0, 0.1) is 5.82 Å². The highest BCUT2D eigenvalue weighted by molar-refractivity contribution is 9.10. The first kappa shape index (κ1) is 14.7. The molecule has 0 heterocycles. The third kappa shape index (κ3) is 3.45. The van der Waals surface area contributed by atoms with Crippen molar-refractivity contribution >= 4 is 21.9 Å². The first-order chi connectivity index (χ1) is 9.59. The Morgan fingerprint density at radius 3 is 2.60 bits per heavy atom. The van der Waals surface area contributed by atoms with Crippen molar-refractivity contribution in [3.8, 4) is 0 Å². The average Bonchev–Trinajstić information content (AvgIpc) is 2.48. The van der Waals surface area contributed by atoms with E-state index in [-0.39, 0.29) is 6.61 Å². The third-order valence-electron chi connectivity index (χ3n) is 3.03. The van der Waals surface area contributed by atoms with Crippen LogP contribution in [0.1, 0.15) is 24.0 Å². The molecule has 0 aliphatic heterocycles. The van der Waals surface area contributed by atoms with Gasteiger partial charge in [-0.05, 0) is 34.5 Å². The molecule has 0 bridgehead atoms. The molecule has 0 N–H and O–H groups in total. The van der Waals surface area contributed by atoms with Crippen LogP contribution in [0.3, 0.4) is 0 Å². The van der Waals surface area contributed by atoms with E-state index in [2.05, 4.69) is 15.9 Å². The summed E-state index contributed by atoms with van der Waals surface area (Å²) in [5.74, 6) is -1.50. The molecule has 104 valence electrons. The second-order valence-electron chi connectivity index (χ2n) is 4.46. The molecule has 0 aromatic heterocycles. The Kier molecular flexibility index (Phi) is 4.90. The summed E-state index contributed by atoms with van der Waals surface area (Å²) in [6.07, 6.45) is 0. The lowest BCUT2D eigenvalue weighted by Gasteiger charge is -2.13. The molecule has 2 aromatic rings. The minimum absolute atomic E-state index is 0.194. The Morgan fingerprint density at radius 1 is 1.20 bits per heavy atom. The van der Waals surface area contributed by atoms with Gasteiger partial charge in [0.25, 0.3) is 0 Å². The number of benzene rings is 2. The molecule has 2 aromatic carbocycles. The molecule has 4 heteroatoms. The molecule has 0 saturated heterocycles. The van der Waals surface area contributed by atoms with E-state index in [1.165, 1.54) is 0 Å². The van der Waals surface area contributed by atoms with Crippen molar-refractivity contribution in [2.45, 2.75) is 19.4 Å². The highest BCUT2D eigenvalue weighted by atomic mass is 79.9. The fourth-order valence-electron chi connectivity index (χ4n) is 1.84. The molecular formula is C16H14BrFO2. The Labute approximate surface area is 125 Å². The van der Waals surface area contributed by atoms with E-state index in [1.54, 1.807) is 25.1 Å². The maximum Gasteiger partial charge on any atom is 0.313 e. The number of hydrogen-bond donors (Lipinski definition) is 0. The highest BCUT2D eigenvalue weighted by Gasteiger charge is 2.21. The number of carbonyl (C=O) groups is 1. The summed E-state index contributed by atoms with van der Waals surface area (Å²) < 4.78 is 19.5. The van der Waals surface area contributed by atoms with Gasteiger partial charge in [0.2, 0.25) is 0 Å². The van der Waals surface area contributed by atoms with Gasteiger partial charge in [-0.15, -0.1) is 0 Å². The first-order valence-electron chi connectivity index (χ1n) is 6.24. The van der Waals surface area contributed by atoms with Crippen molar-refractivity contribution in [2.75, 3.05) is 0 Å². The maximum atomic E-state index is 13.9. The number of hydrogen-bond acceptors (Lipinski definition) is 2. The maximum absolute atomic E-state index is 13.9. The van der Waals surface area contributed by atoms with Gasteiger partial charge in [0.1, 0.15) is 12.4 Å². The lowest BCUT2D eigenvalue weighted by molar-refractivity contribution is -0.146. The van der Waals surface area contributed by atoms with Gasteiger partial charge in [0, 0.05) is 5.56 Å². The van der Waals surface area contributed by atoms with E-state index in [9.17, 15) is 9.18 Å². The number of carbonyl (C=O) groups excluding carboxylic acids is 1. The van der Waals surface area contributed by atoms with Gasteiger partial charge in [0.05, 0.1) is 10.4 Å². The van der Waals surface area contributed by atoms with Gasteiger partial charge in [-0.1, -0.05) is 42.5 Å². The molecule has 0 amide bonds. The van der Waals surface area contributed by atoms with Crippen LogP contribution in [0.4, 0.5) is 4.39 Å². The average molecular weight is 337 g/mol. The SMILES string of the molecule is C[C@H](C(=O)OCc1ccccc1)c1cccc(Br)c1F. The zero-order chi connectivity index (χ0) is 14.5. The summed E-state index contributed by atoms with van der Waals surface area (Å²) in [7, 11) is 0. The predicted molar refractivity (Wildman–Crippen MR) is 78.8 cm³/mol. The van der Waals surface area contributed by atoms with E-state index in [4.69, 9.17) is 4.74 Å². The summed E-state index contributed by atoms with van der Waals surface area (Å²) in [5.41, 5.74) is 1.24. The molecule has 0 radical (unpaired) electrons. The largest absolute Gasteiger partial charge is 0.460 e. The van der Waals surface area contributed by atoms with E-state index in [1.807, 2.05) is 30.3 Å². The monoisotopic (exact) mass is 336 g/mol. The zero-order valence-corrected chi connectivity index (χ0v) is 12.6. The molecule has 2 rings (SSSR count). The van der Waals surface area contributed by atoms with Gasteiger partial charge >= 0.3 is 5.97 Å². The molecule has 2 nitrogen and oxygen atoms in total. The fourth-order valence-corrected chi connectivity index (χ4v) is 2.22. The number of halogens is 2. The molecule has 0 aliphatic rings. The van der Waals surface area contributed by atoms with Crippen LogP contribution in [0.15, 0.2) is 53.0 Å². The van der Waals surface area contributed by atoms with Crippen molar-refractivity contribution in [2.24, 2.45) is 0 Å². The summed E-state index contributed by atoms with van der Waals surface area (Å²) in [6, 6.07) is 14.3. The fraction of sp³-hybridized carbons (Fsp3) is 0.188. The molecule has 0 spiro atoms. The van der Waals surface area contributed by atoms with E-state index in [0.717, 1.165) is 5.56 Å². The second kappa shape index (κ2) is 6.66. The topological polar surface area (TPSA) is 26.3 Å². The highest BCUT2D eigenvalue weighted by Crippen LogP contribution is 2.26. The number of esters is 1. The van der Waals surface area contributed by atoms with Gasteiger partial charge < -0.3 is 4.74 Å².